The molecule has 1 unspecified atom stereocenters. The number of carboxylic acids is 1. The molecule has 0 bridgehead atoms. The maximum absolute atomic E-state index is 10.6. The van der Waals surface area contributed by atoms with Crippen LogP contribution >= 0.6 is 0 Å². The van der Waals surface area contributed by atoms with E-state index in [1.54, 1.807) is 0 Å². The lowest BCUT2D eigenvalue weighted by Gasteiger charge is -2.10. The van der Waals surface area contributed by atoms with Gasteiger partial charge in [-0.1, -0.05) is 35.5 Å². The van der Waals surface area contributed by atoms with E-state index in [0.29, 0.717) is 6.61 Å². The van der Waals surface area contributed by atoms with Crippen molar-refractivity contribution in [3.05, 3.63) is 47.8 Å². The Morgan fingerprint density at radius 1 is 1.35 bits per heavy atom. The normalized spacial score (nSPS) is 12.2. The molecule has 2 N–H and O–H groups in total. The molecule has 1 heterocycles. The Labute approximate surface area is 115 Å². The van der Waals surface area contributed by atoms with E-state index in [-0.39, 0.29) is 18.8 Å². The SMILES string of the molecule is O=C(O)c1cn(CC(O)COCc2ccccc2)nn1. The first kappa shape index (κ1) is 14.2. The number of hydrogen-bond donors (Lipinski definition) is 2. The molecule has 106 valence electrons. The zero-order valence-electron chi connectivity index (χ0n) is 10.7. The lowest BCUT2D eigenvalue weighted by Crippen LogP contribution is -2.22. The quantitative estimate of drug-likeness (QED) is 0.767. The number of carboxylic acid groups (broad SMARTS) is 1. The third-order valence-electron chi connectivity index (χ3n) is 2.58. The minimum atomic E-state index is -1.15. The number of ether oxygens (including phenoxy) is 1. The van der Waals surface area contributed by atoms with Crippen molar-refractivity contribution in [2.45, 2.75) is 19.3 Å². The van der Waals surface area contributed by atoms with Crippen molar-refractivity contribution in [1.82, 2.24) is 15.0 Å². The van der Waals surface area contributed by atoms with Gasteiger partial charge >= 0.3 is 5.97 Å². The Kier molecular flexibility index (Phi) is 4.80. The molecule has 0 aliphatic heterocycles. The van der Waals surface area contributed by atoms with Crippen molar-refractivity contribution in [2.75, 3.05) is 6.61 Å². The molecule has 1 aromatic heterocycles. The van der Waals surface area contributed by atoms with Gasteiger partial charge in [-0.15, -0.1) is 5.10 Å². The minimum Gasteiger partial charge on any atom is -0.476 e. The molecule has 0 saturated heterocycles. The van der Waals surface area contributed by atoms with E-state index in [2.05, 4.69) is 10.3 Å². The summed E-state index contributed by atoms with van der Waals surface area (Å²) in [6, 6.07) is 9.62. The molecule has 0 aliphatic rings. The first-order valence-electron chi connectivity index (χ1n) is 6.08. The number of aliphatic hydroxyl groups excluding tert-OH is 1. The van der Waals surface area contributed by atoms with Crippen LogP contribution in [0.3, 0.4) is 0 Å². The van der Waals surface area contributed by atoms with Crippen LogP contribution in [0, 0.1) is 0 Å². The molecule has 0 amide bonds. The highest BCUT2D eigenvalue weighted by atomic mass is 16.5. The molecule has 0 radical (unpaired) electrons. The summed E-state index contributed by atoms with van der Waals surface area (Å²) in [6.07, 6.45) is 0.491. The van der Waals surface area contributed by atoms with E-state index >= 15 is 0 Å². The Bertz CT molecular complexity index is 556. The second-order valence-corrected chi connectivity index (χ2v) is 4.29. The number of carbonyl (C=O) groups is 1. The topological polar surface area (TPSA) is 97.5 Å². The van der Waals surface area contributed by atoms with Gasteiger partial charge in [0.05, 0.1) is 32.1 Å². The largest absolute Gasteiger partial charge is 0.476 e. The number of nitrogens with zero attached hydrogens (tertiary/aromatic N) is 3. The average molecular weight is 277 g/mol. The monoisotopic (exact) mass is 277 g/mol. The maximum atomic E-state index is 10.6. The first-order chi connectivity index (χ1) is 9.65. The summed E-state index contributed by atoms with van der Waals surface area (Å²) in [4.78, 5) is 10.6. The van der Waals surface area contributed by atoms with E-state index in [9.17, 15) is 9.90 Å². The maximum Gasteiger partial charge on any atom is 0.358 e. The van der Waals surface area contributed by atoms with Crippen LogP contribution in [-0.4, -0.2) is 43.9 Å². The number of benzene rings is 1. The highest BCUT2D eigenvalue weighted by Crippen LogP contribution is 2.02. The van der Waals surface area contributed by atoms with Crippen LogP contribution in [0.4, 0.5) is 0 Å². The smallest absolute Gasteiger partial charge is 0.358 e. The summed E-state index contributed by atoms with van der Waals surface area (Å²) in [5, 5.41) is 25.5. The summed E-state index contributed by atoms with van der Waals surface area (Å²) in [5.74, 6) is -1.15. The van der Waals surface area contributed by atoms with Crippen molar-refractivity contribution in [3.63, 3.8) is 0 Å². The summed E-state index contributed by atoms with van der Waals surface area (Å²) in [6.45, 7) is 0.682. The zero-order valence-corrected chi connectivity index (χ0v) is 10.7. The molecule has 20 heavy (non-hydrogen) atoms. The van der Waals surface area contributed by atoms with Gasteiger partial charge in [0.25, 0.3) is 0 Å². The fourth-order valence-electron chi connectivity index (χ4n) is 1.64. The third kappa shape index (κ3) is 4.15. The number of aromatic carboxylic acids is 1. The fourth-order valence-corrected chi connectivity index (χ4v) is 1.64. The zero-order chi connectivity index (χ0) is 14.4. The van der Waals surface area contributed by atoms with E-state index in [0.717, 1.165) is 5.56 Å². The predicted molar refractivity (Wildman–Crippen MR) is 69.1 cm³/mol. The molecular formula is C13H15N3O4. The predicted octanol–water partition coefficient (Wildman–Crippen LogP) is 0.554. The number of aromatic nitrogens is 3. The third-order valence-corrected chi connectivity index (χ3v) is 2.58. The highest BCUT2D eigenvalue weighted by Gasteiger charge is 2.11. The number of rotatable bonds is 7. The van der Waals surface area contributed by atoms with E-state index in [1.165, 1.54) is 10.9 Å². The van der Waals surface area contributed by atoms with Gasteiger partial charge in [-0.3, -0.25) is 0 Å². The van der Waals surface area contributed by atoms with Crippen LogP contribution in [0.25, 0.3) is 0 Å². The molecule has 2 rings (SSSR count). The lowest BCUT2D eigenvalue weighted by molar-refractivity contribution is 0.0184. The van der Waals surface area contributed by atoms with Gasteiger partial charge in [0.15, 0.2) is 5.69 Å². The molecule has 0 saturated carbocycles. The molecule has 2 aromatic rings. The van der Waals surface area contributed by atoms with Gasteiger partial charge in [-0.25, -0.2) is 9.48 Å². The average Bonchev–Trinajstić information content (AvgIpc) is 2.88. The van der Waals surface area contributed by atoms with Gasteiger partial charge in [0.2, 0.25) is 0 Å². The summed E-state index contributed by atoms with van der Waals surface area (Å²) in [7, 11) is 0. The Balaban J connectivity index is 1.74. The Morgan fingerprint density at radius 3 is 2.75 bits per heavy atom. The Hall–Kier alpha value is -2.25. The summed E-state index contributed by atoms with van der Waals surface area (Å²) in [5.41, 5.74) is 0.871. The molecule has 0 spiro atoms. The molecule has 1 aromatic carbocycles. The van der Waals surface area contributed by atoms with E-state index < -0.39 is 12.1 Å². The van der Waals surface area contributed by atoms with Crippen LogP contribution in [0.2, 0.25) is 0 Å². The van der Waals surface area contributed by atoms with Gasteiger partial charge in [0, 0.05) is 0 Å². The van der Waals surface area contributed by atoms with Crippen LogP contribution < -0.4 is 0 Å². The standard InChI is InChI=1S/C13H15N3O4/c17-11(6-16-7-12(13(18)19)14-15-16)9-20-8-10-4-2-1-3-5-10/h1-5,7,11,17H,6,8-9H2,(H,18,19). The van der Waals surface area contributed by atoms with Crippen LogP contribution in [-0.2, 0) is 17.9 Å². The summed E-state index contributed by atoms with van der Waals surface area (Å²) >= 11 is 0. The molecule has 0 aliphatic carbocycles. The van der Waals surface area contributed by atoms with E-state index in [4.69, 9.17) is 9.84 Å². The van der Waals surface area contributed by atoms with Crippen LogP contribution in [0.5, 0.6) is 0 Å². The first-order valence-corrected chi connectivity index (χ1v) is 6.08. The molecule has 7 nitrogen and oxygen atoms in total. The van der Waals surface area contributed by atoms with Gasteiger partial charge in [-0.05, 0) is 5.56 Å². The highest BCUT2D eigenvalue weighted by molar-refractivity contribution is 5.84. The lowest BCUT2D eigenvalue weighted by atomic mass is 10.2. The van der Waals surface area contributed by atoms with Crippen molar-refractivity contribution in [1.29, 1.82) is 0 Å². The van der Waals surface area contributed by atoms with Crippen molar-refractivity contribution < 1.29 is 19.7 Å². The van der Waals surface area contributed by atoms with Crippen LogP contribution in [0.15, 0.2) is 36.5 Å². The van der Waals surface area contributed by atoms with Crippen molar-refractivity contribution in [3.8, 4) is 0 Å². The van der Waals surface area contributed by atoms with Crippen molar-refractivity contribution in [2.24, 2.45) is 0 Å². The molecule has 1 atom stereocenters. The fraction of sp³-hybridized carbons (Fsp3) is 0.308. The van der Waals surface area contributed by atoms with Gasteiger partial charge in [-0.2, -0.15) is 0 Å². The van der Waals surface area contributed by atoms with Crippen LogP contribution in [0.1, 0.15) is 16.1 Å². The summed E-state index contributed by atoms with van der Waals surface area (Å²) < 4.78 is 6.66. The molecular weight excluding hydrogens is 262 g/mol. The number of hydrogen-bond acceptors (Lipinski definition) is 5. The number of aliphatic hydroxyl groups is 1. The van der Waals surface area contributed by atoms with Crippen molar-refractivity contribution >= 4 is 5.97 Å². The molecule has 7 heteroatoms. The second-order valence-electron chi connectivity index (χ2n) is 4.29. The van der Waals surface area contributed by atoms with Gasteiger partial charge < -0.3 is 14.9 Å². The van der Waals surface area contributed by atoms with E-state index in [1.807, 2.05) is 30.3 Å². The molecule has 0 fully saturated rings. The second kappa shape index (κ2) is 6.78. The minimum absolute atomic E-state index is 0.134. The Morgan fingerprint density at radius 2 is 2.10 bits per heavy atom. The van der Waals surface area contributed by atoms with Gasteiger partial charge in [0.1, 0.15) is 0 Å².